The third-order valence-corrected chi connectivity index (χ3v) is 6.65. The van der Waals surface area contributed by atoms with Crippen LogP contribution in [0.5, 0.6) is 5.75 Å². The molecule has 0 bridgehead atoms. The Kier molecular flexibility index (Phi) is 6.38. The molecule has 1 amide bonds. The number of sulfonamides is 1. The summed E-state index contributed by atoms with van der Waals surface area (Å²) < 4.78 is 34.9. The molecule has 3 N–H and O–H groups in total. The van der Waals surface area contributed by atoms with Gasteiger partial charge in [0, 0.05) is 42.4 Å². The van der Waals surface area contributed by atoms with Crippen LogP contribution in [0.1, 0.15) is 15.9 Å². The average molecular weight is 477 g/mol. The van der Waals surface area contributed by atoms with E-state index >= 15 is 0 Å². The van der Waals surface area contributed by atoms with E-state index in [2.05, 4.69) is 9.71 Å². The fraction of sp³-hybridized carbons (Fsp3) is 0.120. The molecule has 1 heterocycles. The second-order valence-corrected chi connectivity index (χ2v) is 9.54. The predicted octanol–water partition coefficient (Wildman–Crippen LogP) is 3.78. The topological polar surface area (TPSA) is 115 Å². The van der Waals surface area contributed by atoms with Crippen molar-refractivity contribution in [1.29, 1.82) is 0 Å². The van der Waals surface area contributed by atoms with E-state index in [4.69, 9.17) is 10.5 Å². The largest absolute Gasteiger partial charge is 0.487 e. The van der Waals surface area contributed by atoms with Crippen molar-refractivity contribution < 1.29 is 17.9 Å². The highest BCUT2D eigenvalue weighted by atomic mass is 32.2. The zero-order chi connectivity index (χ0) is 24.3. The Hall–Kier alpha value is -4.11. The Bertz CT molecular complexity index is 1470. The van der Waals surface area contributed by atoms with E-state index in [0.717, 1.165) is 16.6 Å². The molecule has 0 unspecified atom stereocenters. The summed E-state index contributed by atoms with van der Waals surface area (Å²) in [6, 6.07) is 19.3. The van der Waals surface area contributed by atoms with E-state index in [1.807, 2.05) is 43.3 Å². The smallest absolute Gasteiger partial charge is 0.262 e. The highest BCUT2D eigenvalue weighted by Gasteiger charge is 2.19. The average Bonchev–Trinajstić information content (AvgIpc) is 2.82. The monoisotopic (exact) mass is 476 g/mol. The lowest BCUT2D eigenvalue weighted by Crippen LogP contribution is -2.14. The highest BCUT2D eigenvalue weighted by molar-refractivity contribution is 7.93. The number of nitrogens with one attached hydrogen (secondary N) is 1. The van der Waals surface area contributed by atoms with E-state index in [1.54, 1.807) is 36.4 Å². The Balaban J connectivity index is 1.57. The standard InChI is InChI=1S/C25H24N4O4S/c1-29(2)23-10-4-9-22-21(23)8-5-11-24(22)34(31,32)28-19-7-3-6-17(12-19)16-33-20-13-18(25(26)30)14-27-15-20/h3-15,28H,16H2,1-2H3,(H2,26,30). The predicted molar refractivity (Wildman–Crippen MR) is 133 cm³/mol. The number of aromatic nitrogens is 1. The van der Waals surface area contributed by atoms with Crippen molar-refractivity contribution in [1.82, 2.24) is 4.98 Å². The van der Waals surface area contributed by atoms with Crippen LogP contribution in [0.4, 0.5) is 11.4 Å². The molecule has 0 saturated heterocycles. The van der Waals surface area contributed by atoms with Crippen LogP contribution < -0.4 is 20.1 Å². The van der Waals surface area contributed by atoms with Gasteiger partial charge in [-0.3, -0.25) is 14.5 Å². The Morgan fingerprint density at radius 3 is 2.50 bits per heavy atom. The molecular weight excluding hydrogens is 452 g/mol. The first-order valence-electron chi connectivity index (χ1n) is 10.4. The molecule has 4 aromatic rings. The number of amides is 1. The molecule has 0 fully saturated rings. The maximum Gasteiger partial charge on any atom is 0.262 e. The Morgan fingerprint density at radius 2 is 1.74 bits per heavy atom. The van der Waals surface area contributed by atoms with Gasteiger partial charge in [0.25, 0.3) is 10.0 Å². The summed E-state index contributed by atoms with van der Waals surface area (Å²) in [5.74, 6) is -0.213. The summed E-state index contributed by atoms with van der Waals surface area (Å²) >= 11 is 0. The van der Waals surface area contributed by atoms with Crippen molar-refractivity contribution in [3.8, 4) is 5.75 Å². The van der Waals surface area contributed by atoms with Gasteiger partial charge >= 0.3 is 0 Å². The third kappa shape index (κ3) is 4.94. The summed E-state index contributed by atoms with van der Waals surface area (Å²) in [5, 5.41) is 1.49. The van der Waals surface area contributed by atoms with Gasteiger partial charge in [0.05, 0.1) is 16.7 Å². The minimum Gasteiger partial charge on any atom is -0.487 e. The fourth-order valence-electron chi connectivity index (χ4n) is 3.62. The van der Waals surface area contributed by atoms with Crippen LogP contribution >= 0.6 is 0 Å². The van der Waals surface area contributed by atoms with Crippen LogP contribution in [0.15, 0.2) is 84.0 Å². The number of anilines is 2. The summed E-state index contributed by atoms with van der Waals surface area (Å²) in [6.45, 7) is 0.153. The number of nitrogens with two attached hydrogens (primary N) is 1. The van der Waals surface area contributed by atoms with Crippen LogP contribution in [0.2, 0.25) is 0 Å². The van der Waals surface area contributed by atoms with Crippen molar-refractivity contribution in [2.24, 2.45) is 5.73 Å². The lowest BCUT2D eigenvalue weighted by atomic mass is 10.1. The molecule has 0 saturated carbocycles. The van der Waals surface area contributed by atoms with Crippen LogP contribution in [0.3, 0.4) is 0 Å². The van der Waals surface area contributed by atoms with Gasteiger partial charge in [0.2, 0.25) is 5.91 Å². The Morgan fingerprint density at radius 1 is 1.00 bits per heavy atom. The molecule has 174 valence electrons. The second-order valence-electron chi connectivity index (χ2n) is 7.89. The molecule has 0 atom stereocenters. The first kappa shape index (κ1) is 23.1. The van der Waals surface area contributed by atoms with Gasteiger partial charge in [0.15, 0.2) is 0 Å². The molecule has 9 heteroatoms. The number of benzene rings is 3. The van der Waals surface area contributed by atoms with Gasteiger partial charge in [-0.25, -0.2) is 8.42 Å². The van der Waals surface area contributed by atoms with E-state index in [9.17, 15) is 13.2 Å². The number of carbonyl (C=O) groups excluding carboxylic acids is 1. The number of hydrogen-bond acceptors (Lipinski definition) is 6. The lowest BCUT2D eigenvalue weighted by molar-refractivity contribution is 0.0999. The van der Waals surface area contributed by atoms with E-state index in [0.29, 0.717) is 16.8 Å². The van der Waals surface area contributed by atoms with E-state index in [1.165, 1.54) is 18.5 Å². The van der Waals surface area contributed by atoms with Crippen molar-refractivity contribution in [2.75, 3.05) is 23.7 Å². The normalized spacial score (nSPS) is 11.2. The minimum absolute atomic E-state index is 0.153. The quantitative estimate of drug-likeness (QED) is 0.400. The van der Waals surface area contributed by atoms with E-state index < -0.39 is 15.9 Å². The van der Waals surface area contributed by atoms with Crippen molar-refractivity contribution in [3.63, 3.8) is 0 Å². The SMILES string of the molecule is CN(C)c1cccc2c(S(=O)(=O)Nc3cccc(COc4cncc(C(N)=O)c4)c3)cccc12. The second kappa shape index (κ2) is 9.40. The Labute approximate surface area is 198 Å². The zero-order valence-electron chi connectivity index (χ0n) is 18.7. The van der Waals surface area contributed by atoms with Crippen LogP contribution in [0.25, 0.3) is 10.8 Å². The molecule has 8 nitrogen and oxygen atoms in total. The summed E-state index contributed by atoms with van der Waals surface area (Å²) in [6.07, 6.45) is 2.83. The zero-order valence-corrected chi connectivity index (χ0v) is 19.5. The summed E-state index contributed by atoms with van der Waals surface area (Å²) in [7, 11) is -0.0149. The third-order valence-electron chi connectivity index (χ3n) is 5.21. The number of carbonyl (C=O) groups is 1. The first-order valence-corrected chi connectivity index (χ1v) is 11.9. The van der Waals surface area contributed by atoms with Crippen molar-refractivity contribution in [2.45, 2.75) is 11.5 Å². The first-order chi connectivity index (χ1) is 16.2. The van der Waals surface area contributed by atoms with Crippen molar-refractivity contribution in [3.05, 3.63) is 90.3 Å². The lowest BCUT2D eigenvalue weighted by Gasteiger charge is -2.17. The molecule has 0 radical (unpaired) electrons. The maximum absolute atomic E-state index is 13.3. The molecule has 3 aromatic carbocycles. The van der Waals surface area contributed by atoms with Gasteiger partial charge in [-0.15, -0.1) is 0 Å². The van der Waals surface area contributed by atoms with Crippen molar-refractivity contribution >= 4 is 38.1 Å². The molecule has 0 spiro atoms. The van der Waals surface area contributed by atoms with Gasteiger partial charge < -0.3 is 15.4 Å². The molecule has 34 heavy (non-hydrogen) atoms. The number of nitrogens with zero attached hydrogens (tertiary/aromatic N) is 2. The number of rotatable bonds is 8. The molecule has 0 aliphatic rings. The maximum atomic E-state index is 13.3. The molecular formula is C25H24N4O4S. The summed E-state index contributed by atoms with van der Waals surface area (Å²) in [5.41, 5.74) is 7.59. The van der Waals surface area contributed by atoms with Gasteiger partial charge in [-0.2, -0.15) is 0 Å². The van der Waals surface area contributed by atoms with Crippen LogP contribution in [0, 0.1) is 0 Å². The molecule has 0 aliphatic carbocycles. The molecule has 0 aliphatic heterocycles. The van der Waals surface area contributed by atoms with E-state index in [-0.39, 0.29) is 17.1 Å². The minimum atomic E-state index is -3.85. The number of fused-ring (bicyclic) bond motifs is 1. The van der Waals surface area contributed by atoms with Crippen LogP contribution in [-0.4, -0.2) is 33.4 Å². The number of pyridine rings is 1. The van der Waals surface area contributed by atoms with Gasteiger partial charge in [-0.05, 0) is 35.9 Å². The summed E-state index contributed by atoms with van der Waals surface area (Å²) in [4.78, 5) is 17.4. The molecule has 4 rings (SSSR count). The highest BCUT2D eigenvalue weighted by Crippen LogP contribution is 2.31. The fourth-order valence-corrected chi connectivity index (χ4v) is 4.90. The van der Waals surface area contributed by atoms with Gasteiger partial charge in [-0.1, -0.05) is 36.4 Å². The molecule has 1 aromatic heterocycles. The van der Waals surface area contributed by atoms with Crippen LogP contribution in [-0.2, 0) is 16.6 Å². The number of hydrogen-bond donors (Lipinski definition) is 2. The number of ether oxygens (including phenoxy) is 1. The van der Waals surface area contributed by atoms with Gasteiger partial charge in [0.1, 0.15) is 12.4 Å². The number of primary amides is 1.